The van der Waals surface area contributed by atoms with Gasteiger partial charge in [0.15, 0.2) is 0 Å². The van der Waals surface area contributed by atoms with Gasteiger partial charge in [-0.2, -0.15) is 0 Å². The van der Waals surface area contributed by atoms with Crippen molar-refractivity contribution in [3.8, 4) is 0 Å². The summed E-state index contributed by atoms with van der Waals surface area (Å²) in [5, 5.41) is 10.2. The van der Waals surface area contributed by atoms with Gasteiger partial charge < -0.3 is 5.11 Å². The molecule has 2 aromatic rings. The summed E-state index contributed by atoms with van der Waals surface area (Å²) < 4.78 is 27.0. The zero-order chi connectivity index (χ0) is 14.0. The van der Waals surface area contributed by atoms with E-state index in [0.717, 1.165) is 18.1 Å². The standard InChI is InChI=1S/C16H16F2O/c1-3-11-5-4-6-12(8-11)16(19)13-7-10(2)14(17)9-15(13)18/h4-9,16,19H,3H2,1-2H3. The van der Waals surface area contributed by atoms with Crippen molar-refractivity contribution >= 4 is 0 Å². The van der Waals surface area contributed by atoms with E-state index in [4.69, 9.17) is 0 Å². The molecule has 0 aliphatic heterocycles. The molecule has 0 aliphatic carbocycles. The molecule has 0 aromatic heterocycles. The smallest absolute Gasteiger partial charge is 0.132 e. The van der Waals surface area contributed by atoms with Crippen LogP contribution < -0.4 is 0 Å². The van der Waals surface area contributed by atoms with Crippen LogP contribution in [0.1, 0.15) is 35.3 Å². The molecule has 0 saturated heterocycles. The first-order valence-electron chi connectivity index (χ1n) is 6.25. The number of aryl methyl sites for hydroxylation is 2. The van der Waals surface area contributed by atoms with Gasteiger partial charge in [0, 0.05) is 11.6 Å². The van der Waals surface area contributed by atoms with Crippen LogP contribution in [-0.2, 0) is 6.42 Å². The molecule has 0 bridgehead atoms. The van der Waals surface area contributed by atoms with Gasteiger partial charge in [0.1, 0.15) is 17.7 Å². The van der Waals surface area contributed by atoms with E-state index in [0.29, 0.717) is 11.1 Å². The second-order valence-electron chi connectivity index (χ2n) is 4.62. The third kappa shape index (κ3) is 2.82. The molecule has 0 radical (unpaired) electrons. The summed E-state index contributed by atoms with van der Waals surface area (Å²) in [5.74, 6) is -1.33. The molecular formula is C16H16F2O. The Morgan fingerprint density at radius 2 is 1.84 bits per heavy atom. The SMILES string of the molecule is CCc1cccc(C(O)c2cc(C)c(F)cc2F)c1. The van der Waals surface area contributed by atoms with Crippen LogP contribution in [0.4, 0.5) is 8.78 Å². The van der Waals surface area contributed by atoms with Crippen molar-refractivity contribution in [2.24, 2.45) is 0 Å². The molecule has 1 atom stereocenters. The van der Waals surface area contributed by atoms with Gasteiger partial charge in [-0.15, -0.1) is 0 Å². The Morgan fingerprint density at radius 3 is 2.53 bits per heavy atom. The molecule has 0 saturated carbocycles. The fourth-order valence-electron chi connectivity index (χ4n) is 2.05. The van der Waals surface area contributed by atoms with Crippen LogP contribution >= 0.6 is 0 Å². The van der Waals surface area contributed by atoms with Crippen molar-refractivity contribution in [3.05, 3.63) is 70.3 Å². The van der Waals surface area contributed by atoms with Crippen molar-refractivity contribution in [1.29, 1.82) is 0 Å². The van der Waals surface area contributed by atoms with E-state index in [1.54, 1.807) is 13.0 Å². The molecule has 1 nitrogen and oxygen atoms in total. The van der Waals surface area contributed by atoms with E-state index in [1.165, 1.54) is 6.07 Å². The van der Waals surface area contributed by atoms with Gasteiger partial charge in [0.25, 0.3) is 0 Å². The highest BCUT2D eigenvalue weighted by molar-refractivity contribution is 5.35. The van der Waals surface area contributed by atoms with Crippen LogP contribution in [0.5, 0.6) is 0 Å². The van der Waals surface area contributed by atoms with Gasteiger partial charge >= 0.3 is 0 Å². The molecule has 0 aliphatic rings. The lowest BCUT2D eigenvalue weighted by Crippen LogP contribution is -2.04. The number of halogens is 2. The van der Waals surface area contributed by atoms with E-state index in [-0.39, 0.29) is 5.56 Å². The summed E-state index contributed by atoms with van der Waals surface area (Å²) in [7, 11) is 0. The van der Waals surface area contributed by atoms with Crippen LogP contribution in [-0.4, -0.2) is 5.11 Å². The summed E-state index contributed by atoms with van der Waals surface area (Å²) in [6, 6.07) is 9.52. The number of aliphatic hydroxyl groups excluding tert-OH is 1. The Bertz CT molecular complexity index is 593. The lowest BCUT2D eigenvalue weighted by Gasteiger charge is -2.14. The molecular weight excluding hydrogens is 246 g/mol. The van der Waals surface area contributed by atoms with Gasteiger partial charge in [-0.1, -0.05) is 31.2 Å². The highest BCUT2D eigenvalue weighted by atomic mass is 19.1. The first-order valence-corrected chi connectivity index (χ1v) is 6.25. The summed E-state index contributed by atoms with van der Waals surface area (Å²) in [5.41, 5.74) is 2.11. The lowest BCUT2D eigenvalue weighted by molar-refractivity contribution is 0.214. The number of hydrogen-bond donors (Lipinski definition) is 1. The van der Waals surface area contributed by atoms with E-state index < -0.39 is 17.7 Å². The van der Waals surface area contributed by atoms with E-state index >= 15 is 0 Å². The molecule has 0 amide bonds. The van der Waals surface area contributed by atoms with E-state index in [1.807, 2.05) is 25.1 Å². The van der Waals surface area contributed by atoms with Crippen molar-refractivity contribution in [2.45, 2.75) is 26.4 Å². The maximum Gasteiger partial charge on any atom is 0.132 e. The molecule has 3 heteroatoms. The number of benzene rings is 2. The molecule has 1 N–H and O–H groups in total. The third-order valence-corrected chi connectivity index (χ3v) is 3.25. The Kier molecular flexibility index (Phi) is 3.96. The first kappa shape index (κ1) is 13.7. The minimum atomic E-state index is -1.08. The lowest BCUT2D eigenvalue weighted by atomic mass is 9.97. The van der Waals surface area contributed by atoms with Crippen LogP contribution in [0.2, 0.25) is 0 Å². The monoisotopic (exact) mass is 262 g/mol. The quantitative estimate of drug-likeness (QED) is 0.889. The molecule has 2 aromatic carbocycles. The minimum Gasteiger partial charge on any atom is -0.384 e. The molecule has 19 heavy (non-hydrogen) atoms. The predicted octanol–water partition coefficient (Wildman–Crippen LogP) is 3.92. The normalized spacial score (nSPS) is 12.5. The fraction of sp³-hybridized carbons (Fsp3) is 0.250. The van der Waals surface area contributed by atoms with Crippen molar-refractivity contribution in [2.75, 3.05) is 0 Å². The molecule has 0 spiro atoms. The first-order chi connectivity index (χ1) is 9.02. The average molecular weight is 262 g/mol. The summed E-state index contributed by atoms with van der Waals surface area (Å²) in [4.78, 5) is 0. The average Bonchev–Trinajstić information content (AvgIpc) is 2.42. The second-order valence-corrected chi connectivity index (χ2v) is 4.62. The summed E-state index contributed by atoms with van der Waals surface area (Å²) in [6.45, 7) is 3.56. The van der Waals surface area contributed by atoms with Gasteiger partial charge in [-0.3, -0.25) is 0 Å². The van der Waals surface area contributed by atoms with Crippen molar-refractivity contribution in [1.82, 2.24) is 0 Å². The van der Waals surface area contributed by atoms with E-state index in [2.05, 4.69) is 0 Å². The highest BCUT2D eigenvalue weighted by Gasteiger charge is 2.17. The Morgan fingerprint density at radius 1 is 1.11 bits per heavy atom. The van der Waals surface area contributed by atoms with Gasteiger partial charge in [-0.25, -0.2) is 8.78 Å². The van der Waals surface area contributed by atoms with Crippen LogP contribution in [0.15, 0.2) is 36.4 Å². The Balaban J connectivity index is 2.43. The van der Waals surface area contributed by atoms with Gasteiger partial charge in [0.05, 0.1) is 0 Å². The predicted molar refractivity (Wildman–Crippen MR) is 71.0 cm³/mol. The van der Waals surface area contributed by atoms with Crippen molar-refractivity contribution < 1.29 is 13.9 Å². The Labute approximate surface area is 111 Å². The minimum absolute atomic E-state index is 0.104. The Hall–Kier alpha value is -1.74. The largest absolute Gasteiger partial charge is 0.384 e. The maximum atomic E-state index is 13.7. The van der Waals surface area contributed by atoms with Crippen molar-refractivity contribution in [3.63, 3.8) is 0 Å². The third-order valence-electron chi connectivity index (χ3n) is 3.25. The zero-order valence-corrected chi connectivity index (χ0v) is 11.0. The number of aliphatic hydroxyl groups is 1. The highest BCUT2D eigenvalue weighted by Crippen LogP contribution is 2.27. The van der Waals surface area contributed by atoms with Crippen LogP contribution in [0.3, 0.4) is 0 Å². The summed E-state index contributed by atoms with van der Waals surface area (Å²) >= 11 is 0. The van der Waals surface area contributed by atoms with Gasteiger partial charge in [-0.05, 0) is 36.1 Å². The number of hydrogen-bond acceptors (Lipinski definition) is 1. The molecule has 0 heterocycles. The molecule has 2 rings (SSSR count). The fourth-order valence-corrected chi connectivity index (χ4v) is 2.05. The maximum absolute atomic E-state index is 13.7. The topological polar surface area (TPSA) is 20.2 Å². The van der Waals surface area contributed by atoms with E-state index in [9.17, 15) is 13.9 Å². The van der Waals surface area contributed by atoms with Crippen LogP contribution in [0, 0.1) is 18.6 Å². The van der Waals surface area contributed by atoms with Crippen LogP contribution in [0.25, 0.3) is 0 Å². The number of rotatable bonds is 3. The second kappa shape index (κ2) is 5.49. The summed E-state index contributed by atoms with van der Waals surface area (Å²) in [6.07, 6.45) is -0.239. The molecule has 1 unspecified atom stereocenters. The molecule has 100 valence electrons. The molecule has 0 fully saturated rings. The zero-order valence-electron chi connectivity index (χ0n) is 11.0. The van der Waals surface area contributed by atoms with Gasteiger partial charge in [0.2, 0.25) is 0 Å².